The second kappa shape index (κ2) is 8.14. The highest BCUT2D eigenvalue weighted by Gasteiger charge is 2.51. The molecule has 1 aromatic rings. The molecular formula is C19H26N2O6. The van der Waals surface area contributed by atoms with Crippen LogP contribution in [0.15, 0.2) is 12.1 Å². The van der Waals surface area contributed by atoms with E-state index in [4.69, 9.17) is 18.9 Å². The Hall–Kier alpha value is -2.32. The van der Waals surface area contributed by atoms with E-state index in [9.17, 15) is 9.59 Å². The monoisotopic (exact) mass is 378 g/mol. The Kier molecular flexibility index (Phi) is 5.86. The van der Waals surface area contributed by atoms with Crippen LogP contribution in [0.25, 0.3) is 0 Å². The van der Waals surface area contributed by atoms with E-state index in [1.54, 1.807) is 28.4 Å². The van der Waals surface area contributed by atoms with Gasteiger partial charge in [-0.3, -0.25) is 19.4 Å². The summed E-state index contributed by atoms with van der Waals surface area (Å²) < 4.78 is 21.1. The summed E-state index contributed by atoms with van der Waals surface area (Å²) in [6.07, 6.45) is 0. The molecule has 1 aromatic carbocycles. The second-order valence-corrected chi connectivity index (χ2v) is 6.76. The number of hydrogen-bond acceptors (Lipinski definition) is 7. The minimum absolute atomic E-state index is 0.0885. The number of methoxy groups -OCH3 is 4. The summed E-state index contributed by atoms with van der Waals surface area (Å²) in [4.78, 5) is 28.6. The zero-order valence-electron chi connectivity index (χ0n) is 16.2. The SMILES string of the molecule is COCCN1C(=O)[C@H]2CN(Cc3cc(OC)c(OC)c(OC)c3)C[C@H]2C1=O. The quantitative estimate of drug-likeness (QED) is 0.619. The van der Waals surface area contributed by atoms with Crippen molar-refractivity contribution >= 4 is 11.8 Å². The first-order valence-electron chi connectivity index (χ1n) is 8.89. The van der Waals surface area contributed by atoms with Crippen molar-refractivity contribution in [1.29, 1.82) is 0 Å². The lowest BCUT2D eigenvalue weighted by molar-refractivity contribution is -0.141. The fourth-order valence-corrected chi connectivity index (χ4v) is 3.91. The summed E-state index contributed by atoms with van der Waals surface area (Å²) in [6, 6.07) is 3.79. The van der Waals surface area contributed by atoms with Crippen LogP contribution < -0.4 is 14.2 Å². The first kappa shape index (κ1) is 19.4. The number of fused-ring (bicyclic) bond motifs is 1. The highest BCUT2D eigenvalue weighted by molar-refractivity contribution is 6.05. The number of hydrogen-bond donors (Lipinski definition) is 0. The van der Waals surface area contributed by atoms with Gasteiger partial charge in [0.05, 0.1) is 46.3 Å². The highest BCUT2D eigenvalue weighted by atomic mass is 16.5. The van der Waals surface area contributed by atoms with Crippen molar-refractivity contribution in [2.24, 2.45) is 11.8 Å². The third-order valence-corrected chi connectivity index (χ3v) is 5.21. The fraction of sp³-hybridized carbons (Fsp3) is 0.579. The van der Waals surface area contributed by atoms with Crippen LogP contribution in [0.2, 0.25) is 0 Å². The second-order valence-electron chi connectivity index (χ2n) is 6.76. The molecule has 148 valence electrons. The minimum atomic E-state index is -0.267. The predicted molar refractivity (Wildman–Crippen MR) is 97.0 cm³/mol. The van der Waals surface area contributed by atoms with Crippen molar-refractivity contribution in [2.45, 2.75) is 6.54 Å². The number of carbonyl (C=O) groups excluding carboxylic acids is 2. The lowest BCUT2D eigenvalue weighted by Crippen LogP contribution is -2.37. The van der Waals surface area contributed by atoms with Crippen molar-refractivity contribution in [3.63, 3.8) is 0 Å². The minimum Gasteiger partial charge on any atom is -0.493 e. The molecule has 27 heavy (non-hydrogen) atoms. The van der Waals surface area contributed by atoms with Gasteiger partial charge in [-0.15, -0.1) is 0 Å². The molecule has 2 aliphatic rings. The predicted octanol–water partition coefficient (Wildman–Crippen LogP) is 0.776. The molecule has 0 spiro atoms. The first-order valence-corrected chi connectivity index (χ1v) is 8.89. The number of benzene rings is 1. The molecular weight excluding hydrogens is 352 g/mol. The van der Waals surface area contributed by atoms with E-state index in [0.717, 1.165) is 5.56 Å². The topological polar surface area (TPSA) is 77.5 Å². The van der Waals surface area contributed by atoms with Crippen LogP contribution in [-0.4, -0.2) is 76.3 Å². The lowest BCUT2D eigenvalue weighted by atomic mass is 10.00. The number of imide groups is 1. The van der Waals surface area contributed by atoms with Crippen LogP contribution >= 0.6 is 0 Å². The molecule has 2 fully saturated rings. The van der Waals surface area contributed by atoms with Crippen molar-refractivity contribution in [2.75, 3.05) is 54.7 Å². The average molecular weight is 378 g/mol. The van der Waals surface area contributed by atoms with Gasteiger partial charge >= 0.3 is 0 Å². The van der Waals surface area contributed by atoms with Gasteiger partial charge in [0.2, 0.25) is 17.6 Å². The standard InChI is InChI=1S/C19H26N2O6/c1-24-6-5-21-18(22)13-10-20(11-14(13)19(21)23)9-12-7-15(25-2)17(27-4)16(8-12)26-3/h7-8,13-14H,5-6,9-11H2,1-4H3/t13-,14+. The van der Waals surface area contributed by atoms with E-state index in [0.29, 0.717) is 50.0 Å². The van der Waals surface area contributed by atoms with Crippen molar-refractivity contribution < 1.29 is 28.5 Å². The van der Waals surface area contributed by atoms with Gasteiger partial charge < -0.3 is 18.9 Å². The largest absolute Gasteiger partial charge is 0.493 e. The van der Waals surface area contributed by atoms with Crippen LogP contribution in [0.3, 0.4) is 0 Å². The van der Waals surface area contributed by atoms with Crippen molar-refractivity contribution in [1.82, 2.24) is 9.80 Å². The van der Waals surface area contributed by atoms with E-state index < -0.39 is 0 Å². The summed E-state index contributed by atoms with van der Waals surface area (Å²) in [5.74, 6) is 1.01. The summed E-state index contributed by atoms with van der Waals surface area (Å²) in [5, 5.41) is 0. The molecule has 0 aromatic heterocycles. The molecule has 8 nitrogen and oxygen atoms in total. The summed E-state index contributed by atoms with van der Waals surface area (Å²) in [6.45, 7) is 2.42. The van der Waals surface area contributed by atoms with Gasteiger partial charge in [0.1, 0.15) is 0 Å². The molecule has 2 aliphatic heterocycles. The molecule has 2 atom stereocenters. The molecule has 0 N–H and O–H groups in total. The van der Waals surface area contributed by atoms with Crippen LogP contribution in [-0.2, 0) is 20.9 Å². The van der Waals surface area contributed by atoms with Gasteiger partial charge in [0.15, 0.2) is 11.5 Å². The Morgan fingerprint density at radius 1 is 0.926 bits per heavy atom. The fourth-order valence-electron chi connectivity index (χ4n) is 3.91. The number of likely N-dealkylation sites (tertiary alicyclic amines) is 2. The van der Waals surface area contributed by atoms with Gasteiger partial charge in [0.25, 0.3) is 0 Å². The molecule has 0 radical (unpaired) electrons. The van der Waals surface area contributed by atoms with E-state index >= 15 is 0 Å². The number of amides is 2. The van der Waals surface area contributed by atoms with Gasteiger partial charge in [-0.25, -0.2) is 0 Å². The van der Waals surface area contributed by atoms with E-state index in [1.807, 2.05) is 12.1 Å². The molecule has 2 heterocycles. The Labute approximate surface area is 158 Å². The van der Waals surface area contributed by atoms with E-state index in [2.05, 4.69) is 4.90 Å². The molecule has 0 saturated carbocycles. The Morgan fingerprint density at radius 2 is 1.48 bits per heavy atom. The van der Waals surface area contributed by atoms with Crippen LogP contribution in [0, 0.1) is 11.8 Å². The van der Waals surface area contributed by atoms with E-state index in [-0.39, 0.29) is 23.7 Å². The van der Waals surface area contributed by atoms with Crippen LogP contribution in [0.1, 0.15) is 5.56 Å². The highest BCUT2D eigenvalue weighted by Crippen LogP contribution is 2.39. The summed E-state index contributed by atoms with van der Waals surface area (Å²) >= 11 is 0. The van der Waals surface area contributed by atoms with E-state index in [1.165, 1.54) is 4.90 Å². The normalized spacial score (nSPS) is 22.3. The maximum Gasteiger partial charge on any atom is 0.234 e. The third-order valence-electron chi connectivity index (χ3n) is 5.21. The summed E-state index contributed by atoms with van der Waals surface area (Å²) in [5.41, 5.74) is 0.973. The molecule has 0 unspecified atom stereocenters. The maximum absolute atomic E-state index is 12.6. The van der Waals surface area contributed by atoms with Gasteiger partial charge in [-0.1, -0.05) is 0 Å². The molecule has 2 amide bonds. The van der Waals surface area contributed by atoms with Gasteiger partial charge in [0, 0.05) is 26.7 Å². The lowest BCUT2D eigenvalue weighted by Gasteiger charge is -2.21. The van der Waals surface area contributed by atoms with Crippen LogP contribution in [0.5, 0.6) is 17.2 Å². The number of nitrogens with zero attached hydrogens (tertiary/aromatic N) is 2. The third kappa shape index (κ3) is 3.59. The maximum atomic E-state index is 12.6. The zero-order chi connectivity index (χ0) is 19.6. The smallest absolute Gasteiger partial charge is 0.234 e. The number of rotatable bonds is 8. The van der Waals surface area contributed by atoms with Gasteiger partial charge in [-0.2, -0.15) is 0 Å². The Bertz CT molecular complexity index is 673. The zero-order valence-corrected chi connectivity index (χ0v) is 16.2. The Morgan fingerprint density at radius 3 is 1.93 bits per heavy atom. The molecule has 2 saturated heterocycles. The molecule has 0 bridgehead atoms. The molecule has 3 rings (SSSR count). The van der Waals surface area contributed by atoms with Crippen LogP contribution in [0.4, 0.5) is 0 Å². The average Bonchev–Trinajstić information content (AvgIpc) is 3.18. The molecule has 8 heteroatoms. The number of carbonyl (C=O) groups is 2. The van der Waals surface area contributed by atoms with Gasteiger partial charge in [-0.05, 0) is 17.7 Å². The number of ether oxygens (including phenoxy) is 4. The first-order chi connectivity index (χ1) is 13.0. The van der Waals surface area contributed by atoms with Crippen molar-refractivity contribution in [3.05, 3.63) is 17.7 Å². The Balaban J connectivity index is 1.71. The molecule has 0 aliphatic carbocycles. The van der Waals surface area contributed by atoms with Crippen molar-refractivity contribution in [3.8, 4) is 17.2 Å². The summed E-state index contributed by atoms with van der Waals surface area (Å²) in [7, 11) is 6.28.